The number of amides is 2. The molecule has 6 rings (SSSR count). The van der Waals surface area contributed by atoms with E-state index in [4.69, 9.17) is 4.98 Å². The molecule has 1 aromatic heterocycles. The number of hydrogen-bond donors (Lipinski definition) is 1. The average molecular weight is 461 g/mol. The molecule has 7 nitrogen and oxygen atoms in total. The van der Waals surface area contributed by atoms with Gasteiger partial charge in [-0.1, -0.05) is 18.2 Å². The molecule has 2 aromatic rings. The number of carbonyl (C=O) groups is 1. The highest BCUT2D eigenvalue weighted by Crippen LogP contribution is 2.34. The fourth-order valence-corrected chi connectivity index (χ4v) is 6.61. The van der Waals surface area contributed by atoms with Crippen LogP contribution < -0.4 is 10.2 Å². The second kappa shape index (κ2) is 8.86. The van der Waals surface area contributed by atoms with E-state index in [0.717, 1.165) is 52.1 Å². The van der Waals surface area contributed by atoms with Crippen LogP contribution in [0.2, 0.25) is 0 Å². The molecule has 0 saturated carbocycles. The number of pyridine rings is 1. The molecule has 1 N–H and O–H groups in total. The van der Waals surface area contributed by atoms with Gasteiger partial charge in [-0.25, -0.2) is 4.79 Å². The topological polar surface area (TPSA) is 55.0 Å². The summed E-state index contributed by atoms with van der Waals surface area (Å²) in [5.74, 6) is 0. The van der Waals surface area contributed by atoms with Crippen LogP contribution in [0.25, 0.3) is 0 Å². The fourth-order valence-electron chi connectivity index (χ4n) is 6.61. The summed E-state index contributed by atoms with van der Waals surface area (Å²) in [7, 11) is 4.19. The van der Waals surface area contributed by atoms with Crippen LogP contribution in [-0.2, 0) is 19.4 Å². The maximum atomic E-state index is 12.4. The van der Waals surface area contributed by atoms with E-state index in [9.17, 15) is 4.79 Å². The van der Waals surface area contributed by atoms with Gasteiger partial charge in [0.2, 0.25) is 0 Å². The van der Waals surface area contributed by atoms with E-state index in [1.165, 1.54) is 40.9 Å². The first kappa shape index (κ1) is 21.9. The number of carbonyl (C=O) groups excluding carboxylic acids is 1. The molecule has 4 heterocycles. The normalized spacial score (nSPS) is 26.5. The summed E-state index contributed by atoms with van der Waals surface area (Å²) < 4.78 is 0. The van der Waals surface area contributed by atoms with Crippen molar-refractivity contribution in [1.29, 1.82) is 0 Å². The van der Waals surface area contributed by atoms with Crippen LogP contribution in [0.15, 0.2) is 36.5 Å². The Morgan fingerprint density at radius 2 is 2.03 bits per heavy atom. The van der Waals surface area contributed by atoms with Gasteiger partial charge in [0.1, 0.15) is 0 Å². The highest BCUT2D eigenvalue weighted by atomic mass is 16.2. The molecule has 0 spiro atoms. The predicted molar refractivity (Wildman–Crippen MR) is 134 cm³/mol. The Balaban J connectivity index is 1.17. The number of aryl methyl sites for hydroxylation is 1. The third-order valence-corrected chi connectivity index (χ3v) is 8.37. The third kappa shape index (κ3) is 3.85. The third-order valence-electron chi connectivity index (χ3n) is 8.37. The molecule has 4 aliphatic rings. The minimum Gasteiger partial charge on any atom is -0.367 e. The van der Waals surface area contributed by atoms with E-state index in [2.05, 4.69) is 57.4 Å². The van der Waals surface area contributed by atoms with Crippen LogP contribution in [0.5, 0.6) is 0 Å². The Hall–Kier alpha value is -2.64. The first-order valence-electron chi connectivity index (χ1n) is 12.8. The SMILES string of the molecule is CN1C[C@H]2CN(c3cccc4c3C[C@H](CN(C)[C@H]3CCCc5cccnc53)NC4)CCN2C1=O. The number of nitrogens with one attached hydrogen (secondary N) is 1. The Kier molecular flexibility index (Phi) is 5.70. The largest absolute Gasteiger partial charge is 0.367 e. The van der Waals surface area contributed by atoms with E-state index in [1.807, 2.05) is 18.1 Å². The number of piperazine rings is 1. The van der Waals surface area contributed by atoms with Gasteiger partial charge in [0, 0.05) is 64.2 Å². The van der Waals surface area contributed by atoms with E-state index < -0.39 is 0 Å². The summed E-state index contributed by atoms with van der Waals surface area (Å²) in [6, 6.07) is 12.4. The quantitative estimate of drug-likeness (QED) is 0.760. The van der Waals surface area contributed by atoms with Crippen LogP contribution in [0.4, 0.5) is 10.5 Å². The summed E-state index contributed by atoms with van der Waals surface area (Å²) in [5.41, 5.74) is 6.99. The van der Waals surface area contributed by atoms with Crippen LogP contribution in [-0.4, -0.2) is 84.6 Å². The summed E-state index contributed by atoms with van der Waals surface area (Å²) in [4.78, 5) is 26.1. The molecular formula is C27H36N6O. The zero-order chi connectivity index (χ0) is 23.2. The molecule has 2 amide bonds. The standard InChI is InChI=1S/C27H36N6O/c1-30(25-10-3-6-19-8-5-11-28-26(19)25)16-21-14-23-20(15-29-21)7-4-9-24(23)32-12-13-33-22(18-32)17-31(2)27(33)34/h4-5,7-9,11,21-22,25,29H,3,6,10,12-18H2,1-2H3/t21-,22+,25+/m1/s1. The Labute approximate surface area is 202 Å². The van der Waals surface area contributed by atoms with Gasteiger partial charge < -0.3 is 20.0 Å². The van der Waals surface area contributed by atoms with E-state index in [-0.39, 0.29) is 6.03 Å². The summed E-state index contributed by atoms with van der Waals surface area (Å²) in [5, 5.41) is 3.81. The first-order chi connectivity index (χ1) is 16.6. The number of aromatic nitrogens is 1. The van der Waals surface area contributed by atoms with Gasteiger partial charge in [0.15, 0.2) is 0 Å². The number of benzene rings is 1. The number of fused-ring (bicyclic) bond motifs is 3. The molecule has 1 aliphatic carbocycles. The maximum absolute atomic E-state index is 12.4. The van der Waals surface area contributed by atoms with Gasteiger partial charge in [-0.05, 0) is 61.6 Å². The molecule has 3 atom stereocenters. The van der Waals surface area contributed by atoms with Crippen molar-refractivity contribution in [3.8, 4) is 0 Å². The predicted octanol–water partition coefficient (Wildman–Crippen LogP) is 2.66. The maximum Gasteiger partial charge on any atom is 0.320 e. The van der Waals surface area contributed by atoms with Crippen molar-refractivity contribution in [1.82, 2.24) is 25.0 Å². The van der Waals surface area contributed by atoms with E-state index >= 15 is 0 Å². The van der Waals surface area contributed by atoms with Crippen LogP contribution in [0.3, 0.4) is 0 Å². The molecule has 0 bridgehead atoms. The lowest BCUT2D eigenvalue weighted by atomic mass is 9.89. The van der Waals surface area contributed by atoms with Gasteiger partial charge in [0.05, 0.1) is 17.8 Å². The molecule has 1 aromatic carbocycles. The van der Waals surface area contributed by atoms with Crippen molar-refractivity contribution in [2.75, 3.05) is 51.7 Å². The number of urea groups is 1. The summed E-state index contributed by atoms with van der Waals surface area (Å²) in [6.45, 7) is 5.42. The lowest BCUT2D eigenvalue weighted by molar-refractivity contribution is 0.186. The smallest absolute Gasteiger partial charge is 0.320 e. The fraction of sp³-hybridized carbons (Fsp3) is 0.556. The van der Waals surface area contributed by atoms with Crippen molar-refractivity contribution < 1.29 is 4.79 Å². The van der Waals surface area contributed by atoms with Crippen molar-refractivity contribution in [2.24, 2.45) is 0 Å². The molecule has 3 aliphatic heterocycles. The molecule has 2 saturated heterocycles. The highest BCUT2D eigenvalue weighted by molar-refractivity contribution is 5.77. The number of likely N-dealkylation sites (N-methyl/N-ethyl adjacent to an activating group) is 2. The van der Waals surface area contributed by atoms with Gasteiger partial charge in [-0.3, -0.25) is 9.88 Å². The molecule has 0 radical (unpaired) electrons. The minimum absolute atomic E-state index is 0.186. The van der Waals surface area contributed by atoms with Crippen molar-refractivity contribution in [2.45, 2.75) is 50.4 Å². The number of anilines is 1. The van der Waals surface area contributed by atoms with Crippen molar-refractivity contribution >= 4 is 11.7 Å². The lowest BCUT2D eigenvalue weighted by Crippen LogP contribution is -2.52. The Morgan fingerprint density at radius 3 is 2.94 bits per heavy atom. The van der Waals surface area contributed by atoms with E-state index in [0.29, 0.717) is 18.1 Å². The number of hydrogen-bond acceptors (Lipinski definition) is 5. The molecule has 180 valence electrons. The molecule has 34 heavy (non-hydrogen) atoms. The monoisotopic (exact) mass is 460 g/mol. The van der Waals surface area contributed by atoms with Crippen LogP contribution >= 0.6 is 0 Å². The number of nitrogens with zero attached hydrogens (tertiary/aromatic N) is 5. The highest BCUT2D eigenvalue weighted by Gasteiger charge is 2.39. The van der Waals surface area contributed by atoms with Gasteiger partial charge >= 0.3 is 6.03 Å². The number of rotatable bonds is 4. The lowest BCUT2D eigenvalue weighted by Gasteiger charge is -2.40. The molecule has 2 fully saturated rings. The summed E-state index contributed by atoms with van der Waals surface area (Å²) in [6.07, 6.45) is 6.57. The minimum atomic E-state index is 0.186. The second-order valence-corrected chi connectivity index (χ2v) is 10.5. The summed E-state index contributed by atoms with van der Waals surface area (Å²) >= 11 is 0. The zero-order valence-electron chi connectivity index (χ0n) is 20.4. The Morgan fingerprint density at radius 1 is 1.15 bits per heavy atom. The molecule has 0 unspecified atom stereocenters. The Bertz CT molecular complexity index is 1070. The first-order valence-corrected chi connectivity index (χ1v) is 12.8. The van der Waals surface area contributed by atoms with Gasteiger partial charge in [-0.2, -0.15) is 0 Å². The van der Waals surface area contributed by atoms with Crippen molar-refractivity contribution in [3.63, 3.8) is 0 Å². The average Bonchev–Trinajstić information content (AvgIpc) is 3.15. The molecular weight excluding hydrogens is 424 g/mol. The van der Waals surface area contributed by atoms with Gasteiger partial charge in [-0.15, -0.1) is 0 Å². The van der Waals surface area contributed by atoms with Crippen LogP contribution in [0, 0.1) is 0 Å². The van der Waals surface area contributed by atoms with Crippen LogP contribution in [0.1, 0.15) is 41.3 Å². The molecule has 7 heteroatoms. The zero-order valence-corrected chi connectivity index (χ0v) is 20.4. The van der Waals surface area contributed by atoms with E-state index in [1.54, 1.807) is 0 Å². The second-order valence-electron chi connectivity index (χ2n) is 10.5. The van der Waals surface area contributed by atoms with Gasteiger partial charge in [0.25, 0.3) is 0 Å². The van der Waals surface area contributed by atoms with Crippen molar-refractivity contribution in [3.05, 3.63) is 58.9 Å².